The normalized spacial score (nSPS) is 11.1. The maximum atomic E-state index is 11.9. The summed E-state index contributed by atoms with van der Waals surface area (Å²) in [7, 11) is 1.63. The van der Waals surface area contributed by atoms with Gasteiger partial charge in [0.2, 0.25) is 0 Å². The van der Waals surface area contributed by atoms with E-state index in [4.69, 9.17) is 0 Å². The van der Waals surface area contributed by atoms with E-state index >= 15 is 0 Å². The van der Waals surface area contributed by atoms with Gasteiger partial charge in [-0.1, -0.05) is 42.5 Å². The lowest BCUT2D eigenvalue weighted by molar-refractivity contribution is 0.454. The van der Waals surface area contributed by atoms with Crippen molar-refractivity contribution in [2.24, 2.45) is 7.05 Å². The molecule has 0 unspecified atom stereocenters. The second kappa shape index (κ2) is 6.18. The molecular formula is C20H16N2O2S. The highest BCUT2D eigenvalue weighted by molar-refractivity contribution is 7.17. The highest BCUT2D eigenvalue weighted by Gasteiger charge is 2.09. The highest BCUT2D eigenvalue weighted by Crippen LogP contribution is 2.34. The third kappa shape index (κ3) is 2.83. The number of hydrogen-bond donors (Lipinski definition) is 1. The van der Waals surface area contributed by atoms with Crippen molar-refractivity contribution in [3.05, 3.63) is 81.8 Å². The Labute approximate surface area is 148 Å². The second-order valence-electron chi connectivity index (χ2n) is 5.95. The van der Waals surface area contributed by atoms with Gasteiger partial charge >= 0.3 is 0 Å². The van der Waals surface area contributed by atoms with Crippen LogP contribution in [0.3, 0.4) is 0 Å². The fraction of sp³-hybridized carbons (Fsp3) is 0.100. The van der Waals surface area contributed by atoms with Crippen LogP contribution < -0.4 is 5.56 Å². The van der Waals surface area contributed by atoms with Gasteiger partial charge in [0.25, 0.3) is 5.56 Å². The lowest BCUT2D eigenvalue weighted by atomic mass is 10.0. The molecule has 4 aromatic rings. The molecule has 2 heterocycles. The van der Waals surface area contributed by atoms with Gasteiger partial charge in [-0.3, -0.25) is 9.36 Å². The van der Waals surface area contributed by atoms with E-state index < -0.39 is 5.56 Å². The molecule has 2 aromatic carbocycles. The maximum Gasteiger partial charge on any atom is 0.295 e. The maximum absolute atomic E-state index is 11.9. The van der Waals surface area contributed by atoms with Crippen molar-refractivity contribution in [1.29, 1.82) is 0 Å². The van der Waals surface area contributed by atoms with Crippen molar-refractivity contribution in [2.45, 2.75) is 6.42 Å². The van der Waals surface area contributed by atoms with E-state index in [1.807, 2.05) is 12.1 Å². The Morgan fingerprint density at radius 3 is 2.88 bits per heavy atom. The van der Waals surface area contributed by atoms with Crippen molar-refractivity contribution < 1.29 is 5.11 Å². The van der Waals surface area contributed by atoms with Gasteiger partial charge in [-0.2, -0.15) is 0 Å². The predicted octanol–water partition coefficient (Wildman–Crippen LogP) is 3.96. The Kier molecular flexibility index (Phi) is 3.86. The monoisotopic (exact) mass is 348 g/mol. The summed E-state index contributed by atoms with van der Waals surface area (Å²) in [5.74, 6) is 0.292. The molecule has 124 valence electrons. The molecule has 0 atom stereocenters. The number of aromatic nitrogens is 2. The summed E-state index contributed by atoms with van der Waals surface area (Å²) in [6.45, 7) is 0. The Bertz CT molecular complexity index is 1130. The summed E-state index contributed by atoms with van der Waals surface area (Å²) in [5.41, 5.74) is 3.01. The van der Waals surface area contributed by atoms with E-state index in [1.54, 1.807) is 18.4 Å². The largest absolute Gasteiger partial charge is 0.502 e. The molecule has 25 heavy (non-hydrogen) atoms. The number of hydrogen-bond acceptors (Lipinski definition) is 4. The van der Waals surface area contributed by atoms with Gasteiger partial charge in [0.15, 0.2) is 5.75 Å². The molecule has 4 rings (SSSR count). The number of thiophene rings is 1. The molecule has 0 fully saturated rings. The summed E-state index contributed by atoms with van der Waals surface area (Å²) in [6.07, 6.45) is 1.75. The van der Waals surface area contributed by atoms with Gasteiger partial charge in [-0.05, 0) is 22.6 Å². The van der Waals surface area contributed by atoms with Gasteiger partial charge in [-0.25, -0.2) is 4.98 Å². The zero-order valence-electron chi connectivity index (χ0n) is 13.6. The molecule has 0 radical (unpaired) electrons. The Morgan fingerprint density at radius 2 is 2.00 bits per heavy atom. The van der Waals surface area contributed by atoms with E-state index in [-0.39, 0.29) is 5.75 Å². The molecular weight excluding hydrogens is 332 g/mol. The fourth-order valence-corrected chi connectivity index (χ4v) is 3.93. The number of benzene rings is 2. The molecule has 2 aromatic heterocycles. The zero-order chi connectivity index (χ0) is 17.4. The summed E-state index contributed by atoms with van der Waals surface area (Å²) in [4.78, 5) is 16.0. The predicted molar refractivity (Wildman–Crippen MR) is 101 cm³/mol. The van der Waals surface area contributed by atoms with Crippen LogP contribution in [-0.4, -0.2) is 14.7 Å². The van der Waals surface area contributed by atoms with Crippen LogP contribution in [-0.2, 0) is 13.5 Å². The summed E-state index contributed by atoms with van der Waals surface area (Å²) >= 11 is 1.74. The zero-order valence-corrected chi connectivity index (χ0v) is 14.5. The Hall–Kier alpha value is -2.92. The molecule has 0 aliphatic carbocycles. The smallest absolute Gasteiger partial charge is 0.295 e. The van der Waals surface area contributed by atoms with Gasteiger partial charge in [-0.15, -0.1) is 11.3 Å². The van der Waals surface area contributed by atoms with E-state index in [0.29, 0.717) is 12.2 Å². The number of rotatable bonds is 3. The average Bonchev–Trinajstić information content (AvgIpc) is 3.07. The van der Waals surface area contributed by atoms with E-state index in [2.05, 4.69) is 46.8 Å². The van der Waals surface area contributed by atoms with Crippen LogP contribution in [0.25, 0.3) is 21.2 Å². The number of nitrogens with zero attached hydrogens (tertiary/aromatic N) is 2. The molecule has 5 heteroatoms. The van der Waals surface area contributed by atoms with Crippen molar-refractivity contribution in [2.75, 3.05) is 0 Å². The second-order valence-corrected chi connectivity index (χ2v) is 6.86. The third-order valence-electron chi connectivity index (χ3n) is 4.33. The minimum absolute atomic E-state index is 0.329. The third-order valence-corrected chi connectivity index (χ3v) is 5.29. The Morgan fingerprint density at radius 1 is 1.16 bits per heavy atom. The topological polar surface area (TPSA) is 55.1 Å². The highest BCUT2D eigenvalue weighted by atomic mass is 32.1. The van der Waals surface area contributed by atoms with Gasteiger partial charge < -0.3 is 5.11 Å². The standard InChI is InChI=1S/C20H16N2O2S/c1-22-19(21-11-17(23)20(22)24)10-13-5-4-6-14(9-13)16-12-25-18-8-3-2-7-15(16)18/h2-9,11-12,23H,10H2,1H3. The molecule has 0 spiro atoms. The van der Waals surface area contributed by atoms with E-state index in [9.17, 15) is 9.90 Å². The molecule has 0 saturated heterocycles. The number of aromatic hydroxyl groups is 1. The molecule has 0 saturated carbocycles. The van der Waals surface area contributed by atoms with Gasteiger partial charge in [0.05, 0.1) is 6.20 Å². The fourth-order valence-electron chi connectivity index (χ4n) is 2.96. The van der Waals surface area contributed by atoms with Gasteiger partial charge in [0, 0.05) is 29.1 Å². The van der Waals surface area contributed by atoms with E-state index in [0.717, 1.165) is 11.1 Å². The van der Waals surface area contributed by atoms with Crippen molar-refractivity contribution in [3.63, 3.8) is 0 Å². The molecule has 4 nitrogen and oxygen atoms in total. The molecule has 0 amide bonds. The molecule has 0 aliphatic heterocycles. The van der Waals surface area contributed by atoms with Crippen molar-refractivity contribution >= 4 is 21.4 Å². The van der Waals surface area contributed by atoms with Gasteiger partial charge in [0.1, 0.15) is 5.82 Å². The first-order valence-electron chi connectivity index (χ1n) is 7.93. The quantitative estimate of drug-likeness (QED) is 0.610. The summed E-state index contributed by atoms with van der Waals surface area (Å²) in [5, 5.41) is 12.9. The first kappa shape index (κ1) is 15.6. The SMILES string of the molecule is Cn1c(Cc2cccc(-c3csc4ccccc34)c2)ncc(O)c1=O. The average molecular weight is 348 g/mol. The minimum Gasteiger partial charge on any atom is -0.502 e. The van der Waals surface area contributed by atoms with Crippen LogP contribution in [0.2, 0.25) is 0 Å². The van der Waals surface area contributed by atoms with Crippen LogP contribution in [0.5, 0.6) is 5.75 Å². The van der Waals surface area contributed by atoms with Crippen molar-refractivity contribution in [3.8, 4) is 16.9 Å². The Balaban J connectivity index is 1.73. The van der Waals surface area contributed by atoms with Crippen LogP contribution in [0.4, 0.5) is 0 Å². The first-order valence-corrected chi connectivity index (χ1v) is 8.81. The lowest BCUT2D eigenvalue weighted by Crippen LogP contribution is -2.21. The molecule has 0 bridgehead atoms. The first-order chi connectivity index (χ1) is 12.1. The number of fused-ring (bicyclic) bond motifs is 1. The molecule has 0 aliphatic rings. The van der Waals surface area contributed by atoms with Crippen LogP contribution in [0, 0.1) is 0 Å². The summed E-state index contributed by atoms with van der Waals surface area (Å²) < 4.78 is 2.66. The summed E-state index contributed by atoms with van der Waals surface area (Å²) in [6, 6.07) is 16.7. The lowest BCUT2D eigenvalue weighted by Gasteiger charge is -2.09. The minimum atomic E-state index is -0.426. The van der Waals surface area contributed by atoms with Crippen LogP contribution >= 0.6 is 11.3 Å². The van der Waals surface area contributed by atoms with E-state index in [1.165, 1.54) is 26.4 Å². The molecule has 1 N–H and O–H groups in total. The van der Waals surface area contributed by atoms with Crippen molar-refractivity contribution in [1.82, 2.24) is 9.55 Å². The van der Waals surface area contributed by atoms with Crippen LogP contribution in [0.15, 0.2) is 64.9 Å². The van der Waals surface area contributed by atoms with Crippen LogP contribution in [0.1, 0.15) is 11.4 Å².